The minimum atomic E-state index is -3.87. The van der Waals surface area contributed by atoms with Crippen molar-refractivity contribution in [1.82, 2.24) is 9.78 Å². The van der Waals surface area contributed by atoms with Crippen LogP contribution in [0, 0.1) is 0 Å². The van der Waals surface area contributed by atoms with E-state index in [4.69, 9.17) is 15.4 Å². The Kier molecular flexibility index (Phi) is 4.06. The van der Waals surface area contributed by atoms with Gasteiger partial charge in [-0.2, -0.15) is 5.10 Å². The first kappa shape index (κ1) is 12.4. The topological polar surface area (TPSA) is 61.2 Å². The number of halogens is 2. The maximum absolute atomic E-state index is 12.0. The minimum Gasteiger partial charge on any atom is -0.378 e. The maximum atomic E-state index is 12.0. The molecule has 1 rings (SSSR count). The number of hydrogen-bond donors (Lipinski definition) is 0. The molecular weight excluding hydrogens is 247 g/mol. The number of nitrogens with zero attached hydrogens (tertiary/aromatic N) is 2. The molecule has 0 atom stereocenters. The molecule has 1 heterocycles. The molecule has 5 nitrogen and oxygen atoms in total. The number of aromatic nitrogens is 2. The number of rotatable bonds is 5. The highest BCUT2D eigenvalue weighted by molar-refractivity contribution is 8.13. The van der Waals surface area contributed by atoms with Crippen LogP contribution in [0.15, 0.2) is 11.1 Å². The fourth-order valence-electron chi connectivity index (χ4n) is 1.08. The predicted molar refractivity (Wildman–Crippen MR) is 52.0 cm³/mol. The fraction of sp³-hybridized carbons (Fsp3) is 0.571. The number of aryl methyl sites for hydroxylation is 1. The van der Waals surface area contributed by atoms with Crippen molar-refractivity contribution >= 4 is 19.7 Å². The smallest absolute Gasteiger partial charge is 0.264 e. The Bertz CT molecular complexity index is 431. The molecule has 0 aliphatic heterocycles. The second-order valence-corrected chi connectivity index (χ2v) is 5.30. The van der Waals surface area contributed by atoms with E-state index in [1.807, 2.05) is 0 Å². The van der Waals surface area contributed by atoms with Gasteiger partial charge in [0.1, 0.15) is 17.3 Å². The lowest BCUT2D eigenvalue weighted by Gasteiger charge is -1.96. The van der Waals surface area contributed by atoms with Gasteiger partial charge in [0.25, 0.3) is 9.05 Å². The molecular formula is C7H10ClFN2O3S. The Morgan fingerprint density at radius 2 is 2.33 bits per heavy atom. The van der Waals surface area contributed by atoms with Crippen molar-refractivity contribution in [1.29, 1.82) is 0 Å². The molecule has 1 aromatic heterocycles. The third-order valence-electron chi connectivity index (χ3n) is 1.66. The third-order valence-corrected chi connectivity index (χ3v) is 3.02. The Balaban J connectivity index is 3.11. The molecule has 0 saturated carbocycles. The van der Waals surface area contributed by atoms with Gasteiger partial charge in [0.2, 0.25) is 0 Å². The predicted octanol–water partition coefficient (Wildman–Crippen LogP) is 0.927. The number of ether oxygens (including phenoxy) is 1. The Morgan fingerprint density at radius 1 is 1.67 bits per heavy atom. The van der Waals surface area contributed by atoms with Gasteiger partial charge < -0.3 is 4.74 Å². The van der Waals surface area contributed by atoms with Crippen LogP contribution >= 0.6 is 10.7 Å². The standard InChI is InChI=1S/C7H10ClFN2O3S/c1-14-5-6-7(15(8,12)13)4-11(10-6)3-2-9/h4H,2-3,5H2,1H3. The van der Waals surface area contributed by atoms with E-state index < -0.39 is 15.7 Å². The van der Waals surface area contributed by atoms with Gasteiger partial charge in [-0.25, -0.2) is 12.8 Å². The quantitative estimate of drug-likeness (QED) is 0.736. The van der Waals surface area contributed by atoms with Crippen molar-refractivity contribution in [3.63, 3.8) is 0 Å². The first-order valence-corrected chi connectivity index (χ1v) is 6.36. The van der Waals surface area contributed by atoms with Gasteiger partial charge >= 0.3 is 0 Å². The van der Waals surface area contributed by atoms with Crippen molar-refractivity contribution in [3.05, 3.63) is 11.9 Å². The fourth-order valence-corrected chi connectivity index (χ4v) is 2.10. The number of hydrogen-bond acceptors (Lipinski definition) is 4. The lowest BCUT2D eigenvalue weighted by molar-refractivity contribution is 0.178. The monoisotopic (exact) mass is 256 g/mol. The van der Waals surface area contributed by atoms with Crippen LogP contribution in [0.3, 0.4) is 0 Å². The van der Waals surface area contributed by atoms with Crippen LogP contribution in [0.4, 0.5) is 4.39 Å². The lowest BCUT2D eigenvalue weighted by atomic mass is 10.5. The Labute approximate surface area is 91.2 Å². The van der Waals surface area contributed by atoms with Crippen LogP contribution in [0.25, 0.3) is 0 Å². The van der Waals surface area contributed by atoms with Gasteiger partial charge in [-0.1, -0.05) is 0 Å². The van der Waals surface area contributed by atoms with Crippen LogP contribution in [0.5, 0.6) is 0 Å². The molecule has 8 heteroatoms. The zero-order valence-corrected chi connectivity index (χ0v) is 9.55. The molecule has 0 fully saturated rings. The molecule has 0 saturated heterocycles. The van der Waals surface area contributed by atoms with Crippen LogP contribution in [-0.4, -0.2) is 32.0 Å². The van der Waals surface area contributed by atoms with Gasteiger partial charge in [0.05, 0.1) is 13.2 Å². The van der Waals surface area contributed by atoms with Gasteiger partial charge in [-0.3, -0.25) is 4.68 Å². The van der Waals surface area contributed by atoms with E-state index in [2.05, 4.69) is 5.10 Å². The summed E-state index contributed by atoms with van der Waals surface area (Å²) in [5, 5.41) is 3.84. The molecule has 1 aromatic rings. The van der Waals surface area contributed by atoms with Crippen LogP contribution in [0.1, 0.15) is 5.69 Å². The van der Waals surface area contributed by atoms with Crippen molar-refractivity contribution in [3.8, 4) is 0 Å². The van der Waals surface area contributed by atoms with Gasteiger partial charge in [0.15, 0.2) is 0 Å². The van der Waals surface area contributed by atoms with E-state index in [-0.39, 0.29) is 23.7 Å². The SMILES string of the molecule is COCc1nn(CCF)cc1S(=O)(=O)Cl. The molecule has 0 amide bonds. The normalized spacial score (nSPS) is 11.9. The van der Waals surface area contributed by atoms with Crippen LogP contribution < -0.4 is 0 Å². The van der Waals surface area contributed by atoms with Crippen molar-refractivity contribution in [2.24, 2.45) is 0 Å². The van der Waals surface area contributed by atoms with E-state index in [1.165, 1.54) is 18.0 Å². The maximum Gasteiger partial charge on any atom is 0.264 e. The summed E-state index contributed by atoms with van der Waals surface area (Å²) in [6.07, 6.45) is 1.19. The molecule has 0 N–H and O–H groups in total. The zero-order chi connectivity index (χ0) is 11.5. The van der Waals surface area contributed by atoms with E-state index in [1.54, 1.807) is 0 Å². The van der Waals surface area contributed by atoms with Crippen molar-refractivity contribution < 1.29 is 17.5 Å². The third kappa shape index (κ3) is 3.15. The summed E-state index contributed by atoms with van der Waals surface area (Å²) in [6, 6.07) is 0. The van der Waals surface area contributed by atoms with Crippen molar-refractivity contribution in [2.75, 3.05) is 13.8 Å². The highest BCUT2D eigenvalue weighted by Gasteiger charge is 2.19. The van der Waals surface area contributed by atoms with Crippen LogP contribution in [0.2, 0.25) is 0 Å². The van der Waals surface area contributed by atoms with Gasteiger partial charge in [-0.15, -0.1) is 0 Å². The summed E-state index contributed by atoms with van der Waals surface area (Å²) in [5.74, 6) is 0. The van der Waals surface area contributed by atoms with E-state index >= 15 is 0 Å². The Hall–Kier alpha value is -0.660. The summed E-state index contributed by atoms with van der Waals surface area (Å²) in [5.41, 5.74) is 0.181. The summed E-state index contributed by atoms with van der Waals surface area (Å²) in [6.45, 7) is -0.625. The second kappa shape index (κ2) is 4.91. The molecule has 86 valence electrons. The zero-order valence-electron chi connectivity index (χ0n) is 7.98. The van der Waals surface area contributed by atoms with Gasteiger partial charge in [0, 0.05) is 24.0 Å². The van der Waals surface area contributed by atoms with E-state index in [9.17, 15) is 12.8 Å². The minimum absolute atomic E-state index is 0.0108. The molecule has 15 heavy (non-hydrogen) atoms. The van der Waals surface area contributed by atoms with Gasteiger partial charge in [-0.05, 0) is 0 Å². The van der Waals surface area contributed by atoms with E-state index in [0.29, 0.717) is 0 Å². The number of alkyl halides is 1. The highest BCUT2D eigenvalue weighted by Crippen LogP contribution is 2.19. The molecule has 0 unspecified atom stereocenters. The summed E-state index contributed by atoms with van der Waals surface area (Å²) < 4.78 is 40.2. The molecule has 0 aliphatic rings. The molecule has 0 spiro atoms. The summed E-state index contributed by atoms with van der Waals surface area (Å²) in [4.78, 5) is -0.139. The molecule has 0 bridgehead atoms. The second-order valence-electron chi connectivity index (χ2n) is 2.76. The lowest BCUT2D eigenvalue weighted by Crippen LogP contribution is -2.01. The highest BCUT2D eigenvalue weighted by atomic mass is 35.7. The first-order valence-electron chi connectivity index (χ1n) is 4.05. The molecule has 0 aromatic carbocycles. The van der Waals surface area contributed by atoms with Crippen LogP contribution in [-0.2, 0) is 26.9 Å². The average Bonchev–Trinajstić information content (AvgIpc) is 2.49. The first-order chi connectivity index (χ1) is 6.99. The largest absolute Gasteiger partial charge is 0.378 e. The number of methoxy groups -OCH3 is 1. The van der Waals surface area contributed by atoms with E-state index in [0.717, 1.165) is 0 Å². The molecule has 0 aliphatic carbocycles. The average molecular weight is 257 g/mol. The van der Waals surface area contributed by atoms with Crippen molar-refractivity contribution in [2.45, 2.75) is 18.0 Å². The summed E-state index contributed by atoms with van der Waals surface area (Å²) in [7, 11) is 2.72. The Morgan fingerprint density at radius 3 is 2.80 bits per heavy atom. The molecule has 0 radical (unpaired) electrons. The summed E-state index contributed by atoms with van der Waals surface area (Å²) >= 11 is 0.